The predicted molar refractivity (Wildman–Crippen MR) is 70.7 cm³/mol. The first-order chi connectivity index (χ1) is 7.97. The van der Waals surface area contributed by atoms with Gasteiger partial charge in [-0.25, -0.2) is 4.39 Å². The Labute approximate surface area is 105 Å². The monoisotopic (exact) mass is 256 g/mol. The first kappa shape index (κ1) is 13.8. The highest BCUT2D eigenvalue weighted by atomic mass is 32.2. The van der Waals surface area contributed by atoms with E-state index in [9.17, 15) is 9.18 Å². The third kappa shape index (κ3) is 3.36. The number of amides is 1. The molecular weight excluding hydrogens is 239 g/mol. The SMILES string of the molecule is CSCC(C)N(C)C(=O)c1cc(F)ccc1N. The van der Waals surface area contributed by atoms with E-state index in [-0.39, 0.29) is 17.5 Å². The fourth-order valence-corrected chi connectivity index (χ4v) is 2.16. The molecule has 0 fully saturated rings. The zero-order valence-corrected chi connectivity index (χ0v) is 11.1. The summed E-state index contributed by atoms with van der Waals surface area (Å²) in [5, 5.41) is 0. The van der Waals surface area contributed by atoms with E-state index in [0.29, 0.717) is 5.69 Å². The minimum Gasteiger partial charge on any atom is -0.398 e. The third-order valence-electron chi connectivity index (χ3n) is 2.64. The van der Waals surface area contributed by atoms with Gasteiger partial charge in [0, 0.05) is 24.5 Å². The molecule has 0 heterocycles. The number of rotatable bonds is 4. The molecule has 0 saturated heterocycles. The summed E-state index contributed by atoms with van der Waals surface area (Å²) in [6, 6.07) is 3.92. The van der Waals surface area contributed by atoms with E-state index >= 15 is 0 Å². The van der Waals surface area contributed by atoms with Crippen molar-refractivity contribution in [3.05, 3.63) is 29.6 Å². The van der Waals surface area contributed by atoms with Crippen molar-refractivity contribution in [1.82, 2.24) is 4.90 Å². The van der Waals surface area contributed by atoms with E-state index in [1.165, 1.54) is 18.2 Å². The molecule has 94 valence electrons. The van der Waals surface area contributed by atoms with E-state index < -0.39 is 5.82 Å². The van der Waals surface area contributed by atoms with Gasteiger partial charge in [0.25, 0.3) is 5.91 Å². The second-order valence-corrected chi connectivity index (χ2v) is 4.86. The summed E-state index contributed by atoms with van der Waals surface area (Å²) in [5.41, 5.74) is 6.21. The molecule has 0 aromatic heterocycles. The van der Waals surface area contributed by atoms with E-state index in [1.54, 1.807) is 23.7 Å². The Morgan fingerprint density at radius 1 is 1.59 bits per heavy atom. The Balaban J connectivity index is 2.92. The molecule has 1 aromatic carbocycles. The Hall–Kier alpha value is -1.23. The van der Waals surface area contributed by atoms with Crippen LogP contribution >= 0.6 is 11.8 Å². The summed E-state index contributed by atoms with van der Waals surface area (Å²) in [4.78, 5) is 13.7. The Bertz CT molecular complexity index is 411. The lowest BCUT2D eigenvalue weighted by Crippen LogP contribution is -2.37. The number of anilines is 1. The van der Waals surface area contributed by atoms with Gasteiger partial charge in [-0.1, -0.05) is 0 Å². The van der Waals surface area contributed by atoms with Crippen LogP contribution in [0.2, 0.25) is 0 Å². The van der Waals surface area contributed by atoms with Gasteiger partial charge in [0.05, 0.1) is 5.56 Å². The van der Waals surface area contributed by atoms with Gasteiger partial charge in [0.1, 0.15) is 5.82 Å². The topological polar surface area (TPSA) is 46.3 Å². The summed E-state index contributed by atoms with van der Waals surface area (Å²) in [7, 11) is 1.70. The van der Waals surface area contributed by atoms with Crippen molar-refractivity contribution in [3.63, 3.8) is 0 Å². The number of carbonyl (C=O) groups excluding carboxylic acids is 1. The van der Waals surface area contributed by atoms with Gasteiger partial charge >= 0.3 is 0 Å². The molecule has 0 bridgehead atoms. The molecule has 1 unspecified atom stereocenters. The first-order valence-electron chi connectivity index (χ1n) is 5.28. The number of thioether (sulfide) groups is 1. The second-order valence-electron chi connectivity index (χ2n) is 3.95. The number of carbonyl (C=O) groups is 1. The van der Waals surface area contributed by atoms with Crippen LogP contribution < -0.4 is 5.73 Å². The molecule has 1 amide bonds. The molecule has 1 rings (SSSR count). The lowest BCUT2D eigenvalue weighted by atomic mass is 10.1. The summed E-state index contributed by atoms with van der Waals surface area (Å²) in [5.74, 6) is 0.134. The standard InChI is InChI=1S/C12H17FN2OS/c1-8(7-17-3)15(2)12(16)10-6-9(13)4-5-11(10)14/h4-6,8H,7,14H2,1-3H3. The molecule has 0 aliphatic heterocycles. The summed E-state index contributed by atoms with van der Waals surface area (Å²) in [6.07, 6.45) is 1.98. The van der Waals surface area contributed by atoms with Crippen molar-refractivity contribution in [2.24, 2.45) is 0 Å². The summed E-state index contributed by atoms with van der Waals surface area (Å²) >= 11 is 1.66. The van der Waals surface area contributed by atoms with Crippen LogP contribution in [-0.4, -0.2) is 35.9 Å². The number of hydrogen-bond donors (Lipinski definition) is 1. The number of nitrogens with zero attached hydrogens (tertiary/aromatic N) is 1. The van der Waals surface area contributed by atoms with Crippen molar-refractivity contribution in [1.29, 1.82) is 0 Å². The molecule has 1 aromatic rings. The van der Waals surface area contributed by atoms with E-state index in [4.69, 9.17) is 5.73 Å². The summed E-state index contributed by atoms with van der Waals surface area (Å²) in [6.45, 7) is 1.95. The van der Waals surface area contributed by atoms with E-state index in [1.807, 2.05) is 13.2 Å². The zero-order chi connectivity index (χ0) is 13.0. The van der Waals surface area contributed by atoms with E-state index in [0.717, 1.165) is 5.75 Å². The Kier molecular flexibility index (Phi) is 4.81. The van der Waals surface area contributed by atoms with Crippen LogP contribution in [0.15, 0.2) is 18.2 Å². The highest BCUT2D eigenvalue weighted by molar-refractivity contribution is 7.98. The molecule has 0 saturated carbocycles. The molecule has 5 heteroatoms. The molecule has 3 nitrogen and oxygen atoms in total. The second kappa shape index (κ2) is 5.91. The molecule has 0 radical (unpaired) electrons. The number of halogens is 1. The van der Waals surface area contributed by atoms with Gasteiger partial charge in [-0.2, -0.15) is 11.8 Å². The average molecular weight is 256 g/mol. The normalized spacial score (nSPS) is 12.2. The van der Waals surface area contributed by atoms with Crippen LogP contribution in [0.5, 0.6) is 0 Å². The minimum absolute atomic E-state index is 0.0835. The van der Waals surface area contributed by atoms with Crippen molar-refractivity contribution in [2.45, 2.75) is 13.0 Å². The quantitative estimate of drug-likeness (QED) is 0.840. The lowest BCUT2D eigenvalue weighted by Gasteiger charge is -2.24. The maximum atomic E-state index is 13.1. The highest BCUT2D eigenvalue weighted by Crippen LogP contribution is 2.17. The summed E-state index contributed by atoms with van der Waals surface area (Å²) < 4.78 is 13.1. The van der Waals surface area contributed by atoms with Crippen LogP contribution in [0, 0.1) is 5.82 Å². The average Bonchev–Trinajstić information content (AvgIpc) is 2.30. The van der Waals surface area contributed by atoms with Gasteiger partial charge in [0.2, 0.25) is 0 Å². The van der Waals surface area contributed by atoms with Crippen LogP contribution in [0.3, 0.4) is 0 Å². The number of nitrogens with two attached hydrogens (primary N) is 1. The van der Waals surface area contributed by atoms with Crippen LogP contribution in [0.25, 0.3) is 0 Å². The molecule has 17 heavy (non-hydrogen) atoms. The smallest absolute Gasteiger partial charge is 0.256 e. The van der Waals surface area contributed by atoms with Crippen LogP contribution in [0.1, 0.15) is 17.3 Å². The maximum Gasteiger partial charge on any atom is 0.256 e. The molecule has 0 spiro atoms. The van der Waals surface area contributed by atoms with Crippen molar-refractivity contribution in [2.75, 3.05) is 24.8 Å². The molecular formula is C12H17FN2OS. The Morgan fingerprint density at radius 3 is 2.82 bits per heavy atom. The first-order valence-corrected chi connectivity index (χ1v) is 6.68. The van der Waals surface area contributed by atoms with Crippen molar-refractivity contribution >= 4 is 23.4 Å². The predicted octanol–water partition coefficient (Wildman–Crippen LogP) is 2.23. The van der Waals surface area contributed by atoms with Gasteiger partial charge in [0.15, 0.2) is 0 Å². The Morgan fingerprint density at radius 2 is 2.24 bits per heavy atom. The molecule has 1 atom stereocenters. The van der Waals surface area contributed by atoms with Gasteiger partial charge in [-0.15, -0.1) is 0 Å². The van der Waals surface area contributed by atoms with Crippen LogP contribution in [-0.2, 0) is 0 Å². The molecule has 0 aliphatic carbocycles. The van der Waals surface area contributed by atoms with Crippen LogP contribution in [0.4, 0.5) is 10.1 Å². The van der Waals surface area contributed by atoms with Gasteiger partial charge < -0.3 is 10.6 Å². The number of nitrogen functional groups attached to an aromatic ring is 1. The lowest BCUT2D eigenvalue weighted by molar-refractivity contribution is 0.0758. The fourth-order valence-electron chi connectivity index (χ4n) is 1.46. The number of hydrogen-bond acceptors (Lipinski definition) is 3. The molecule has 0 aliphatic rings. The highest BCUT2D eigenvalue weighted by Gasteiger charge is 2.19. The maximum absolute atomic E-state index is 13.1. The van der Waals surface area contributed by atoms with Gasteiger partial charge in [-0.3, -0.25) is 4.79 Å². The van der Waals surface area contributed by atoms with E-state index in [2.05, 4.69) is 0 Å². The minimum atomic E-state index is -0.450. The number of benzene rings is 1. The van der Waals surface area contributed by atoms with Gasteiger partial charge in [-0.05, 0) is 31.4 Å². The third-order valence-corrected chi connectivity index (χ3v) is 3.45. The molecule has 2 N–H and O–H groups in total. The fraction of sp³-hybridized carbons (Fsp3) is 0.417. The zero-order valence-electron chi connectivity index (χ0n) is 10.2. The van der Waals surface area contributed by atoms with Crippen molar-refractivity contribution < 1.29 is 9.18 Å². The largest absolute Gasteiger partial charge is 0.398 e. The van der Waals surface area contributed by atoms with Crippen molar-refractivity contribution in [3.8, 4) is 0 Å².